The van der Waals surface area contributed by atoms with Crippen LogP contribution in [0.3, 0.4) is 0 Å². The maximum absolute atomic E-state index is 12.2. The summed E-state index contributed by atoms with van der Waals surface area (Å²) in [6, 6.07) is 7.17. The van der Waals surface area contributed by atoms with Crippen molar-refractivity contribution in [1.82, 2.24) is 4.90 Å². The van der Waals surface area contributed by atoms with E-state index in [1.807, 2.05) is 6.07 Å². The molecule has 1 amide bonds. The molecule has 1 unspecified atom stereocenters. The number of carbonyl (C=O) groups excluding carboxylic acids is 1. The summed E-state index contributed by atoms with van der Waals surface area (Å²) in [5.41, 5.74) is -1.29. The molecule has 0 fully saturated rings. The standard InChI is InChI=1S/C14H18BrNO4/c1-9(20-11-8-6-5-7-10(11)15)12(17)16(4)14(2,3)13(18)19/h5-9H,1-4H3,(H,18,19). The smallest absolute Gasteiger partial charge is 0.329 e. The highest BCUT2D eigenvalue weighted by Gasteiger charge is 2.37. The molecular formula is C14H18BrNO4. The Morgan fingerprint density at radius 3 is 2.40 bits per heavy atom. The highest BCUT2D eigenvalue weighted by atomic mass is 79.9. The lowest BCUT2D eigenvalue weighted by molar-refractivity contribution is -0.157. The largest absolute Gasteiger partial charge is 0.480 e. The Hall–Kier alpha value is -1.56. The molecule has 1 N–H and O–H groups in total. The zero-order valence-electron chi connectivity index (χ0n) is 11.9. The van der Waals surface area contributed by atoms with Gasteiger partial charge in [0.1, 0.15) is 11.3 Å². The van der Waals surface area contributed by atoms with Gasteiger partial charge in [-0.3, -0.25) is 4.79 Å². The summed E-state index contributed by atoms with van der Waals surface area (Å²) in [5.74, 6) is -0.926. The normalized spacial score (nSPS) is 12.7. The van der Waals surface area contributed by atoms with Crippen molar-refractivity contribution in [2.24, 2.45) is 0 Å². The fraction of sp³-hybridized carbons (Fsp3) is 0.429. The summed E-state index contributed by atoms with van der Waals surface area (Å²) in [4.78, 5) is 24.6. The molecule has 1 atom stereocenters. The lowest BCUT2D eigenvalue weighted by atomic mass is 10.0. The molecule has 0 aliphatic heterocycles. The van der Waals surface area contributed by atoms with Crippen molar-refractivity contribution in [3.8, 4) is 5.75 Å². The van der Waals surface area contributed by atoms with Crippen molar-refractivity contribution < 1.29 is 19.4 Å². The molecule has 0 spiro atoms. The molecule has 0 aliphatic rings. The number of halogens is 1. The van der Waals surface area contributed by atoms with Crippen LogP contribution in [0.15, 0.2) is 28.7 Å². The van der Waals surface area contributed by atoms with E-state index in [0.29, 0.717) is 5.75 Å². The monoisotopic (exact) mass is 343 g/mol. The molecule has 1 aromatic rings. The number of rotatable bonds is 5. The predicted molar refractivity (Wildman–Crippen MR) is 78.7 cm³/mol. The fourth-order valence-corrected chi connectivity index (χ4v) is 1.85. The average molecular weight is 344 g/mol. The van der Waals surface area contributed by atoms with Crippen LogP contribution < -0.4 is 4.74 Å². The van der Waals surface area contributed by atoms with Crippen LogP contribution in [0, 0.1) is 0 Å². The van der Waals surface area contributed by atoms with Crippen LogP contribution in [0.4, 0.5) is 0 Å². The third-order valence-corrected chi connectivity index (χ3v) is 3.84. The van der Waals surface area contributed by atoms with Gasteiger partial charge in [0, 0.05) is 7.05 Å². The molecule has 0 saturated carbocycles. The van der Waals surface area contributed by atoms with E-state index in [1.165, 1.54) is 25.8 Å². The summed E-state index contributed by atoms with van der Waals surface area (Å²) >= 11 is 3.33. The number of carboxylic acid groups (broad SMARTS) is 1. The van der Waals surface area contributed by atoms with Gasteiger partial charge in [-0.05, 0) is 48.8 Å². The molecule has 0 heterocycles. The van der Waals surface area contributed by atoms with Gasteiger partial charge in [0.25, 0.3) is 5.91 Å². The third-order valence-electron chi connectivity index (χ3n) is 3.18. The molecule has 0 bridgehead atoms. The lowest BCUT2D eigenvalue weighted by Gasteiger charge is -2.33. The van der Waals surface area contributed by atoms with Gasteiger partial charge in [0.15, 0.2) is 6.10 Å². The Labute approximate surface area is 126 Å². The van der Waals surface area contributed by atoms with Gasteiger partial charge < -0.3 is 14.7 Å². The first-order valence-corrected chi connectivity index (χ1v) is 6.89. The number of carboxylic acids is 1. The average Bonchev–Trinajstić information content (AvgIpc) is 2.39. The van der Waals surface area contributed by atoms with Crippen molar-refractivity contribution in [1.29, 1.82) is 0 Å². The summed E-state index contributed by atoms with van der Waals surface area (Å²) in [7, 11) is 1.45. The number of amides is 1. The number of para-hydroxylation sites is 1. The molecule has 110 valence electrons. The minimum absolute atomic E-state index is 0.395. The first kappa shape index (κ1) is 16.5. The molecule has 5 nitrogen and oxygen atoms in total. The SMILES string of the molecule is CC(Oc1ccccc1Br)C(=O)N(C)C(C)(C)C(=O)O. The van der Waals surface area contributed by atoms with Crippen molar-refractivity contribution in [3.63, 3.8) is 0 Å². The molecule has 0 aromatic heterocycles. The minimum atomic E-state index is -1.29. The lowest BCUT2D eigenvalue weighted by Crippen LogP contribution is -2.54. The molecule has 0 aliphatic carbocycles. The second-order valence-corrected chi connectivity index (χ2v) is 5.81. The van der Waals surface area contributed by atoms with Gasteiger partial charge in [-0.1, -0.05) is 12.1 Å². The Bertz CT molecular complexity index is 516. The summed E-state index contributed by atoms with van der Waals surface area (Å²) in [6.45, 7) is 4.53. The predicted octanol–water partition coefficient (Wildman–Crippen LogP) is 2.54. The Morgan fingerprint density at radius 2 is 1.90 bits per heavy atom. The Morgan fingerprint density at radius 1 is 1.35 bits per heavy atom. The van der Waals surface area contributed by atoms with Crippen molar-refractivity contribution >= 4 is 27.8 Å². The Balaban J connectivity index is 2.83. The topological polar surface area (TPSA) is 66.8 Å². The zero-order chi connectivity index (χ0) is 15.5. The van der Waals surface area contributed by atoms with Crippen LogP contribution in [0.2, 0.25) is 0 Å². The van der Waals surface area contributed by atoms with Crippen LogP contribution in [0.25, 0.3) is 0 Å². The van der Waals surface area contributed by atoms with Crippen molar-refractivity contribution in [2.45, 2.75) is 32.4 Å². The third kappa shape index (κ3) is 3.50. The maximum atomic E-state index is 12.2. The second-order valence-electron chi connectivity index (χ2n) is 4.95. The van der Waals surface area contributed by atoms with Crippen LogP contribution in [0.5, 0.6) is 5.75 Å². The van der Waals surface area contributed by atoms with E-state index in [2.05, 4.69) is 15.9 Å². The number of carbonyl (C=O) groups is 2. The highest BCUT2D eigenvalue weighted by molar-refractivity contribution is 9.10. The van der Waals surface area contributed by atoms with Crippen LogP contribution in [-0.2, 0) is 9.59 Å². The summed E-state index contributed by atoms with van der Waals surface area (Å²) < 4.78 is 6.31. The molecule has 0 saturated heterocycles. The summed E-state index contributed by atoms with van der Waals surface area (Å²) in [6.07, 6.45) is -0.780. The maximum Gasteiger partial charge on any atom is 0.329 e. The first-order chi connectivity index (χ1) is 9.17. The minimum Gasteiger partial charge on any atom is -0.480 e. The number of aliphatic carboxylic acids is 1. The van der Waals surface area contributed by atoms with E-state index >= 15 is 0 Å². The van der Waals surface area contributed by atoms with Crippen LogP contribution in [0.1, 0.15) is 20.8 Å². The number of hydrogen-bond acceptors (Lipinski definition) is 3. The van der Waals surface area contributed by atoms with Gasteiger partial charge in [-0.25, -0.2) is 4.79 Å². The number of ether oxygens (including phenoxy) is 1. The quantitative estimate of drug-likeness (QED) is 0.891. The van der Waals surface area contributed by atoms with Crippen molar-refractivity contribution in [3.05, 3.63) is 28.7 Å². The molecule has 20 heavy (non-hydrogen) atoms. The molecule has 1 aromatic carbocycles. The van der Waals surface area contributed by atoms with Gasteiger partial charge >= 0.3 is 5.97 Å². The molecular weight excluding hydrogens is 326 g/mol. The van der Waals surface area contributed by atoms with Crippen molar-refractivity contribution in [2.75, 3.05) is 7.05 Å². The Kier molecular flexibility index (Phi) is 5.16. The second kappa shape index (κ2) is 6.26. The van der Waals surface area contributed by atoms with E-state index in [1.54, 1.807) is 25.1 Å². The molecule has 0 radical (unpaired) electrons. The molecule has 1 rings (SSSR count). The number of nitrogens with zero attached hydrogens (tertiary/aromatic N) is 1. The number of likely N-dealkylation sites (N-methyl/N-ethyl adjacent to an activating group) is 1. The van der Waals surface area contributed by atoms with Gasteiger partial charge in [0.2, 0.25) is 0 Å². The van der Waals surface area contributed by atoms with Crippen LogP contribution in [-0.4, -0.2) is 40.6 Å². The summed E-state index contributed by atoms with van der Waals surface area (Å²) in [5, 5.41) is 9.13. The molecule has 6 heteroatoms. The first-order valence-electron chi connectivity index (χ1n) is 6.10. The van der Waals surface area contributed by atoms with E-state index in [-0.39, 0.29) is 0 Å². The van der Waals surface area contributed by atoms with E-state index < -0.39 is 23.5 Å². The number of benzene rings is 1. The van der Waals surface area contributed by atoms with E-state index in [4.69, 9.17) is 9.84 Å². The zero-order valence-corrected chi connectivity index (χ0v) is 13.5. The van der Waals surface area contributed by atoms with Gasteiger partial charge in [-0.2, -0.15) is 0 Å². The fourth-order valence-electron chi connectivity index (χ4n) is 1.47. The van der Waals surface area contributed by atoms with Crippen LogP contribution >= 0.6 is 15.9 Å². The van der Waals surface area contributed by atoms with E-state index in [0.717, 1.165) is 4.47 Å². The highest BCUT2D eigenvalue weighted by Crippen LogP contribution is 2.25. The van der Waals surface area contributed by atoms with Gasteiger partial charge in [0.05, 0.1) is 4.47 Å². The number of hydrogen-bond donors (Lipinski definition) is 1. The van der Waals surface area contributed by atoms with E-state index in [9.17, 15) is 9.59 Å². The van der Waals surface area contributed by atoms with Gasteiger partial charge in [-0.15, -0.1) is 0 Å².